The third kappa shape index (κ3) is 5.11. The number of aryl methyl sites for hydroxylation is 1. The maximum absolute atomic E-state index is 12.6. The summed E-state index contributed by atoms with van der Waals surface area (Å²) >= 11 is 0. The van der Waals surface area contributed by atoms with E-state index in [1.165, 1.54) is 0 Å². The monoisotopic (exact) mass is 378 g/mol. The van der Waals surface area contributed by atoms with Crippen LogP contribution in [0.4, 0.5) is 0 Å². The Balaban J connectivity index is 2.09. The van der Waals surface area contributed by atoms with Gasteiger partial charge in [0, 0.05) is 18.8 Å². The van der Waals surface area contributed by atoms with Crippen LogP contribution in [0.1, 0.15) is 78.6 Å². The van der Waals surface area contributed by atoms with Gasteiger partial charge in [0.1, 0.15) is 5.69 Å². The molecule has 0 aliphatic carbocycles. The molecule has 1 atom stereocenters. The number of rotatable bonds is 5. The number of nitrogens with zero attached hydrogens (tertiary/aromatic N) is 1. The van der Waals surface area contributed by atoms with Crippen molar-refractivity contribution in [1.29, 1.82) is 0 Å². The van der Waals surface area contributed by atoms with Crippen LogP contribution in [0.2, 0.25) is 0 Å². The molecule has 7 nitrogen and oxygen atoms in total. The average molecular weight is 378 g/mol. The number of hydrogen-bond donors (Lipinski definition) is 1. The van der Waals surface area contributed by atoms with Crippen molar-refractivity contribution in [3.63, 3.8) is 0 Å². The van der Waals surface area contributed by atoms with E-state index in [-0.39, 0.29) is 17.7 Å². The van der Waals surface area contributed by atoms with Crippen LogP contribution in [-0.2, 0) is 14.3 Å². The summed E-state index contributed by atoms with van der Waals surface area (Å²) in [7, 11) is 0. The maximum Gasteiger partial charge on any atom is 0.355 e. The van der Waals surface area contributed by atoms with Crippen molar-refractivity contribution in [2.45, 2.75) is 72.5 Å². The lowest BCUT2D eigenvalue weighted by Gasteiger charge is -2.23. The Morgan fingerprint density at radius 3 is 2.07 bits per heavy atom. The summed E-state index contributed by atoms with van der Waals surface area (Å²) in [5, 5.41) is 0. The molecule has 0 unspecified atom stereocenters. The number of aromatic amines is 1. The SMILES string of the molecule is Cc1[nH]c(C(=O)O[C@H](C)C(=O)N2CCCCCC2)c(C)c1C(=O)OC(C)C. The highest BCUT2D eigenvalue weighted by molar-refractivity contribution is 5.99. The number of nitrogens with one attached hydrogen (secondary N) is 1. The Morgan fingerprint density at radius 1 is 0.926 bits per heavy atom. The average Bonchev–Trinajstić information content (AvgIpc) is 2.77. The van der Waals surface area contributed by atoms with Crippen molar-refractivity contribution in [2.24, 2.45) is 0 Å². The second kappa shape index (κ2) is 9.06. The van der Waals surface area contributed by atoms with Gasteiger partial charge in [-0.05, 0) is 53.0 Å². The fourth-order valence-corrected chi connectivity index (χ4v) is 3.35. The van der Waals surface area contributed by atoms with E-state index in [9.17, 15) is 14.4 Å². The normalized spacial score (nSPS) is 16.0. The topological polar surface area (TPSA) is 88.7 Å². The fourth-order valence-electron chi connectivity index (χ4n) is 3.35. The zero-order chi connectivity index (χ0) is 20.1. The summed E-state index contributed by atoms with van der Waals surface area (Å²) in [4.78, 5) is 42.0. The first-order valence-corrected chi connectivity index (χ1v) is 9.62. The van der Waals surface area contributed by atoms with Gasteiger partial charge in [-0.3, -0.25) is 4.79 Å². The quantitative estimate of drug-likeness (QED) is 0.795. The number of hydrogen-bond acceptors (Lipinski definition) is 5. The summed E-state index contributed by atoms with van der Waals surface area (Å²) in [5.41, 5.74) is 1.52. The van der Waals surface area contributed by atoms with E-state index in [1.54, 1.807) is 39.5 Å². The lowest BCUT2D eigenvalue weighted by atomic mass is 10.1. The molecule has 1 saturated heterocycles. The molecule has 2 rings (SSSR count). The van der Waals surface area contributed by atoms with Crippen LogP contribution in [0.3, 0.4) is 0 Å². The molecule has 1 aromatic heterocycles. The molecule has 0 bridgehead atoms. The van der Waals surface area contributed by atoms with Crippen LogP contribution in [0.5, 0.6) is 0 Å². The summed E-state index contributed by atoms with van der Waals surface area (Å²) in [6.07, 6.45) is 3.06. The first kappa shape index (κ1) is 21.0. The highest BCUT2D eigenvalue weighted by atomic mass is 16.6. The van der Waals surface area contributed by atoms with Crippen molar-refractivity contribution < 1.29 is 23.9 Å². The van der Waals surface area contributed by atoms with Gasteiger partial charge in [-0.25, -0.2) is 9.59 Å². The smallest absolute Gasteiger partial charge is 0.355 e. The standard InChI is InChI=1S/C20H30N2O5/c1-12(2)26-19(24)16-13(3)17(21-14(16)4)20(25)27-15(5)18(23)22-10-8-6-7-9-11-22/h12,15,21H,6-11H2,1-5H3/t15-/m1/s1. The molecule has 0 aromatic carbocycles. The number of amides is 1. The Hall–Kier alpha value is -2.31. The molecule has 1 aromatic rings. The third-order valence-corrected chi connectivity index (χ3v) is 4.74. The van der Waals surface area contributed by atoms with Gasteiger partial charge in [0.25, 0.3) is 5.91 Å². The minimum absolute atomic E-state index is 0.175. The lowest BCUT2D eigenvalue weighted by Crippen LogP contribution is -2.40. The van der Waals surface area contributed by atoms with Gasteiger partial charge < -0.3 is 19.4 Å². The minimum Gasteiger partial charge on any atom is -0.459 e. The molecule has 0 saturated carbocycles. The van der Waals surface area contributed by atoms with Gasteiger partial charge in [-0.2, -0.15) is 0 Å². The molecule has 1 aliphatic rings. The van der Waals surface area contributed by atoms with Gasteiger partial charge in [-0.1, -0.05) is 12.8 Å². The van der Waals surface area contributed by atoms with Crippen LogP contribution in [0.15, 0.2) is 0 Å². The second-order valence-electron chi connectivity index (χ2n) is 7.37. The molecule has 1 N–H and O–H groups in total. The van der Waals surface area contributed by atoms with Gasteiger partial charge in [0.05, 0.1) is 11.7 Å². The Morgan fingerprint density at radius 2 is 1.52 bits per heavy atom. The minimum atomic E-state index is -0.871. The number of carbonyl (C=O) groups excluding carboxylic acids is 3. The number of carbonyl (C=O) groups is 3. The van der Waals surface area contributed by atoms with E-state index >= 15 is 0 Å². The zero-order valence-electron chi connectivity index (χ0n) is 16.9. The lowest BCUT2D eigenvalue weighted by molar-refractivity contribution is -0.139. The molecule has 1 aliphatic heterocycles. The maximum atomic E-state index is 12.6. The van der Waals surface area contributed by atoms with E-state index < -0.39 is 18.0 Å². The molecular formula is C20H30N2O5. The van der Waals surface area contributed by atoms with Gasteiger partial charge >= 0.3 is 11.9 Å². The van der Waals surface area contributed by atoms with Crippen LogP contribution in [0.25, 0.3) is 0 Å². The molecule has 150 valence electrons. The molecule has 1 amide bonds. The van der Waals surface area contributed by atoms with Gasteiger partial charge in [0.2, 0.25) is 0 Å². The number of esters is 2. The number of aromatic nitrogens is 1. The second-order valence-corrected chi connectivity index (χ2v) is 7.37. The van der Waals surface area contributed by atoms with E-state index in [0.717, 1.165) is 25.7 Å². The summed E-state index contributed by atoms with van der Waals surface area (Å²) in [5.74, 6) is -1.30. The van der Waals surface area contributed by atoms with Crippen LogP contribution >= 0.6 is 0 Å². The highest BCUT2D eigenvalue weighted by Crippen LogP contribution is 2.21. The fraction of sp³-hybridized carbons (Fsp3) is 0.650. The molecule has 1 fully saturated rings. The van der Waals surface area contributed by atoms with Gasteiger partial charge in [0.15, 0.2) is 6.10 Å². The number of ether oxygens (including phenoxy) is 2. The third-order valence-electron chi connectivity index (χ3n) is 4.74. The van der Waals surface area contributed by atoms with Crippen molar-refractivity contribution in [3.05, 3.63) is 22.5 Å². The summed E-state index contributed by atoms with van der Waals surface area (Å²) in [6.45, 7) is 9.88. The molecule has 2 heterocycles. The Labute approximate surface area is 160 Å². The van der Waals surface area contributed by atoms with Crippen LogP contribution in [0, 0.1) is 13.8 Å². The molecular weight excluding hydrogens is 348 g/mol. The number of H-pyrrole nitrogens is 1. The predicted octanol–water partition coefficient (Wildman–Crippen LogP) is 3.14. The van der Waals surface area contributed by atoms with Crippen molar-refractivity contribution in [2.75, 3.05) is 13.1 Å². The van der Waals surface area contributed by atoms with E-state index in [0.29, 0.717) is 29.9 Å². The first-order valence-electron chi connectivity index (χ1n) is 9.62. The Kier molecular flexibility index (Phi) is 7.05. The van der Waals surface area contributed by atoms with Crippen molar-refractivity contribution >= 4 is 17.8 Å². The summed E-state index contributed by atoms with van der Waals surface area (Å²) in [6, 6.07) is 0. The first-order chi connectivity index (χ1) is 12.7. The van der Waals surface area contributed by atoms with Crippen molar-refractivity contribution in [1.82, 2.24) is 9.88 Å². The largest absolute Gasteiger partial charge is 0.459 e. The zero-order valence-corrected chi connectivity index (χ0v) is 16.9. The molecule has 27 heavy (non-hydrogen) atoms. The molecule has 0 spiro atoms. The van der Waals surface area contributed by atoms with Crippen molar-refractivity contribution in [3.8, 4) is 0 Å². The van der Waals surface area contributed by atoms with E-state index in [2.05, 4.69) is 4.98 Å². The van der Waals surface area contributed by atoms with Crippen LogP contribution < -0.4 is 0 Å². The molecule has 7 heteroatoms. The van der Waals surface area contributed by atoms with Gasteiger partial charge in [-0.15, -0.1) is 0 Å². The highest BCUT2D eigenvalue weighted by Gasteiger charge is 2.28. The van der Waals surface area contributed by atoms with Crippen LogP contribution in [-0.4, -0.2) is 53.0 Å². The van der Waals surface area contributed by atoms with E-state index in [1.807, 2.05) is 0 Å². The predicted molar refractivity (Wildman–Crippen MR) is 101 cm³/mol. The Bertz CT molecular complexity index is 699. The van der Waals surface area contributed by atoms with E-state index in [4.69, 9.17) is 9.47 Å². The molecule has 0 radical (unpaired) electrons. The summed E-state index contributed by atoms with van der Waals surface area (Å²) < 4.78 is 10.6. The number of likely N-dealkylation sites (tertiary alicyclic amines) is 1.